The number of hydrogen-bond donors (Lipinski definition) is 1. The first-order chi connectivity index (χ1) is 8.25. The van der Waals surface area contributed by atoms with Crippen molar-refractivity contribution in [2.45, 2.75) is 6.92 Å². The van der Waals surface area contributed by atoms with Crippen molar-refractivity contribution in [3.63, 3.8) is 0 Å². The van der Waals surface area contributed by atoms with Crippen LogP contribution in [-0.2, 0) is 0 Å². The molecule has 0 heterocycles. The number of para-hydroxylation sites is 2. The molecule has 0 aliphatic rings. The molecule has 88 valence electrons. The van der Waals surface area contributed by atoms with E-state index in [9.17, 15) is 4.89 Å². The molecule has 1 unspecified atom stereocenters. The summed E-state index contributed by atoms with van der Waals surface area (Å²) in [4.78, 5) is 9.70. The zero-order chi connectivity index (χ0) is 12.1. The summed E-state index contributed by atoms with van der Waals surface area (Å²) in [6, 6.07) is 16.6. The van der Waals surface area contributed by atoms with E-state index in [0.29, 0.717) is 11.5 Å². The van der Waals surface area contributed by atoms with Crippen LogP contribution < -0.4 is 9.05 Å². The Kier molecular flexibility index (Phi) is 3.97. The van der Waals surface area contributed by atoms with Crippen molar-refractivity contribution in [2.75, 3.05) is 0 Å². The molecule has 0 radical (unpaired) electrons. The minimum absolute atomic E-state index is 0.592. The third-order valence-corrected chi connectivity index (χ3v) is 2.92. The molecule has 0 bridgehead atoms. The van der Waals surface area contributed by atoms with Gasteiger partial charge >= 0.3 is 8.60 Å². The Balaban J connectivity index is 1.98. The molecule has 0 amide bonds. The molecule has 0 aliphatic heterocycles. The second-order valence-corrected chi connectivity index (χ2v) is 4.34. The summed E-state index contributed by atoms with van der Waals surface area (Å²) in [6.45, 7) is 1.92. The molecule has 2 aromatic rings. The van der Waals surface area contributed by atoms with E-state index in [4.69, 9.17) is 9.05 Å². The molecule has 0 saturated heterocycles. The van der Waals surface area contributed by atoms with E-state index < -0.39 is 8.60 Å². The standard InChI is InChI=1S/C13H13O3P/c1-11-7-5-6-10-13(11)16-17(14)15-12-8-3-2-4-9-12/h2-10,14H,1H3. The average Bonchev–Trinajstić information content (AvgIpc) is 2.33. The first-order valence-electron chi connectivity index (χ1n) is 5.21. The molecule has 0 saturated carbocycles. The van der Waals surface area contributed by atoms with Crippen LogP contribution >= 0.6 is 8.60 Å². The Labute approximate surface area is 102 Å². The van der Waals surface area contributed by atoms with Gasteiger partial charge in [0.15, 0.2) is 0 Å². The Morgan fingerprint density at radius 3 is 2.24 bits per heavy atom. The molecule has 0 aromatic heterocycles. The van der Waals surface area contributed by atoms with Crippen molar-refractivity contribution in [3.05, 3.63) is 60.2 Å². The van der Waals surface area contributed by atoms with Gasteiger partial charge in [0, 0.05) is 0 Å². The zero-order valence-electron chi connectivity index (χ0n) is 9.41. The summed E-state index contributed by atoms with van der Waals surface area (Å²) in [7, 11) is -1.95. The lowest BCUT2D eigenvalue weighted by Crippen LogP contribution is -1.95. The maximum atomic E-state index is 9.70. The molecule has 0 spiro atoms. The minimum atomic E-state index is -1.95. The summed E-state index contributed by atoms with van der Waals surface area (Å²) in [6.07, 6.45) is 0. The van der Waals surface area contributed by atoms with E-state index in [2.05, 4.69) is 0 Å². The van der Waals surface area contributed by atoms with Gasteiger partial charge in [-0.3, -0.25) is 0 Å². The molecule has 1 N–H and O–H groups in total. The molecule has 3 nitrogen and oxygen atoms in total. The lowest BCUT2D eigenvalue weighted by molar-refractivity contribution is 0.380. The Morgan fingerprint density at radius 1 is 0.882 bits per heavy atom. The highest BCUT2D eigenvalue weighted by molar-refractivity contribution is 7.41. The molecular weight excluding hydrogens is 235 g/mol. The van der Waals surface area contributed by atoms with Crippen LogP contribution in [0.1, 0.15) is 5.56 Å². The fraction of sp³-hybridized carbons (Fsp3) is 0.0769. The quantitative estimate of drug-likeness (QED) is 0.839. The van der Waals surface area contributed by atoms with Crippen molar-refractivity contribution in [3.8, 4) is 11.5 Å². The molecule has 2 aromatic carbocycles. The molecule has 1 atom stereocenters. The molecule has 2 rings (SSSR count). The molecular formula is C13H13O3P. The molecule has 4 heteroatoms. The predicted octanol–water partition coefficient (Wildman–Crippen LogP) is 3.67. The second-order valence-electron chi connectivity index (χ2n) is 3.50. The number of hydrogen-bond acceptors (Lipinski definition) is 3. The summed E-state index contributed by atoms with van der Waals surface area (Å²) in [5.41, 5.74) is 0.964. The molecule has 17 heavy (non-hydrogen) atoms. The van der Waals surface area contributed by atoms with Crippen LogP contribution in [0.5, 0.6) is 11.5 Å². The summed E-state index contributed by atoms with van der Waals surface area (Å²) < 4.78 is 10.6. The summed E-state index contributed by atoms with van der Waals surface area (Å²) in [5, 5.41) is 0. The first kappa shape index (κ1) is 11.9. The molecule has 0 fully saturated rings. The highest BCUT2D eigenvalue weighted by atomic mass is 31.2. The van der Waals surface area contributed by atoms with Crippen LogP contribution in [0, 0.1) is 6.92 Å². The van der Waals surface area contributed by atoms with Gasteiger partial charge in [0.05, 0.1) is 0 Å². The van der Waals surface area contributed by atoms with Crippen molar-refractivity contribution < 1.29 is 13.9 Å². The fourth-order valence-electron chi connectivity index (χ4n) is 1.33. The SMILES string of the molecule is Cc1ccccc1OP(O)Oc1ccccc1. The van der Waals surface area contributed by atoms with Gasteiger partial charge in [-0.1, -0.05) is 36.4 Å². The second kappa shape index (κ2) is 5.67. The Hall–Kier alpha value is -1.57. The Bertz CT molecular complexity index is 473. The van der Waals surface area contributed by atoms with E-state index in [1.54, 1.807) is 18.2 Å². The highest BCUT2D eigenvalue weighted by Gasteiger charge is 2.12. The van der Waals surface area contributed by atoms with Crippen molar-refractivity contribution in [1.29, 1.82) is 0 Å². The van der Waals surface area contributed by atoms with E-state index in [1.165, 1.54) is 0 Å². The first-order valence-corrected chi connectivity index (χ1v) is 6.34. The van der Waals surface area contributed by atoms with Gasteiger partial charge in [-0.2, -0.15) is 0 Å². The van der Waals surface area contributed by atoms with Crippen LogP contribution in [0.15, 0.2) is 54.6 Å². The van der Waals surface area contributed by atoms with Crippen molar-refractivity contribution in [2.24, 2.45) is 0 Å². The minimum Gasteiger partial charge on any atom is -0.418 e. The lowest BCUT2D eigenvalue weighted by atomic mass is 10.2. The lowest BCUT2D eigenvalue weighted by Gasteiger charge is -2.13. The Morgan fingerprint density at radius 2 is 1.53 bits per heavy atom. The van der Waals surface area contributed by atoms with Crippen LogP contribution in [0.25, 0.3) is 0 Å². The smallest absolute Gasteiger partial charge is 0.418 e. The topological polar surface area (TPSA) is 38.7 Å². The van der Waals surface area contributed by atoms with E-state index in [-0.39, 0.29) is 0 Å². The zero-order valence-corrected chi connectivity index (χ0v) is 10.3. The highest BCUT2D eigenvalue weighted by Crippen LogP contribution is 2.37. The average molecular weight is 248 g/mol. The van der Waals surface area contributed by atoms with Crippen LogP contribution in [-0.4, -0.2) is 4.89 Å². The van der Waals surface area contributed by atoms with Gasteiger partial charge in [0.1, 0.15) is 11.5 Å². The molecule has 0 aliphatic carbocycles. The van der Waals surface area contributed by atoms with Gasteiger partial charge in [-0.25, -0.2) is 0 Å². The maximum Gasteiger partial charge on any atom is 0.460 e. The monoisotopic (exact) mass is 248 g/mol. The third-order valence-electron chi connectivity index (χ3n) is 2.20. The van der Waals surface area contributed by atoms with Gasteiger partial charge in [-0.15, -0.1) is 0 Å². The number of aryl methyl sites for hydroxylation is 1. The van der Waals surface area contributed by atoms with Crippen molar-refractivity contribution in [1.82, 2.24) is 0 Å². The van der Waals surface area contributed by atoms with E-state index >= 15 is 0 Å². The van der Waals surface area contributed by atoms with E-state index in [1.807, 2.05) is 43.3 Å². The predicted molar refractivity (Wildman–Crippen MR) is 68.0 cm³/mol. The van der Waals surface area contributed by atoms with Crippen LogP contribution in [0.4, 0.5) is 0 Å². The van der Waals surface area contributed by atoms with E-state index in [0.717, 1.165) is 5.56 Å². The largest absolute Gasteiger partial charge is 0.460 e. The third kappa shape index (κ3) is 3.45. The van der Waals surface area contributed by atoms with Gasteiger partial charge in [0.2, 0.25) is 0 Å². The van der Waals surface area contributed by atoms with Gasteiger partial charge in [-0.05, 0) is 30.7 Å². The number of rotatable bonds is 4. The summed E-state index contributed by atoms with van der Waals surface area (Å²) in [5.74, 6) is 1.23. The fourth-order valence-corrected chi connectivity index (χ4v) is 2.05. The van der Waals surface area contributed by atoms with Gasteiger partial charge < -0.3 is 13.9 Å². The van der Waals surface area contributed by atoms with Crippen molar-refractivity contribution >= 4 is 8.60 Å². The normalized spacial score (nSPS) is 11.9. The summed E-state index contributed by atoms with van der Waals surface area (Å²) >= 11 is 0. The van der Waals surface area contributed by atoms with Crippen LogP contribution in [0.3, 0.4) is 0 Å². The van der Waals surface area contributed by atoms with Crippen LogP contribution in [0.2, 0.25) is 0 Å². The number of benzene rings is 2. The maximum absolute atomic E-state index is 9.70. The van der Waals surface area contributed by atoms with Gasteiger partial charge in [0.25, 0.3) is 0 Å².